The number of carbonyl (C=O) groups excluding carboxylic acids is 1. The lowest BCUT2D eigenvalue weighted by atomic mass is 10.3. The summed E-state index contributed by atoms with van der Waals surface area (Å²) in [6.07, 6.45) is 0. The molecular formula is C16H13Cl2N3O4S. The van der Waals surface area contributed by atoms with E-state index in [1.54, 1.807) is 30.3 Å². The fourth-order valence-corrected chi connectivity index (χ4v) is 3.42. The van der Waals surface area contributed by atoms with Gasteiger partial charge in [0.25, 0.3) is 11.8 Å². The van der Waals surface area contributed by atoms with E-state index >= 15 is 0 Å². The van der Waals surface area contributed by atoms with Crippen molar-refractivity contribution in [2.75, 3.05) is 18.5 Å². The second-order valence-corrected chi connectivity index (χ2v) is 7.18. The van der Waals surface area contributed by atoms with E-state index in [1.165, 1.54) is 11.3 Å². The van der Waals surface area contributed by atoms with E-state index in [1.807, 2.05) is 6.92 Å². The van der Waals surface area contributed by atoms with Gasteiger partial charge in [0.1, 0.15) is 15.8 Å². The molecule has 2 aromatic heterocycles. The molecule has 0 unspecified atom stereocenters. The van der Waals surface area contributed by atoms with E-state index in [4.69, 9.17) is 37.1 Å². The summed E-state index contributed by atoms with van der Waals surface area (Å²) in [7, 11) is 0. The molecule has 0 atom stereocenters. The zero-order valence-corrected chi connectivity index (χ0v) is 15.8. The number of thiophene rings is 1. The molecule has 0 aliphatic heterocycles. The summed E-state index contributed by atoms with van der Waals surface area (Å²) >= 11 is 13.1. The Hall–Kier alpha value is -2.29. The number of amides is 1. The zero-order valence-electron chi connectivity index (χ0n) is 13.5. The molecule has 1 aromatic carbocycles. The third-order valence-corrected chi connectivity index (χ3v) is 4.55. The molecule has 0 saturated carbocycles. The topological polar surface area (TPSA) is 86.5 Å². The first-order valence-corrected chi connectivity index (χ1v) is 9.06. The van der Waals surface area contributed by atoms with Gasteiger partial charge < -0.3 is 13.9 Å². The van der Waals surface area contributed by atoms with Crippen LogP contribution in [0.4, 0.5) is 6.01 Å². The summed E-state index contributed by atoms with van der Waals surface area (Å²) in [5, 5.41) is 10.0. The molecule has 0 bridgehead atoms. The number of anilines is 1. The highest BCUT2D eigenvalue weighted by Crippen LogP contribution is 2.37. The highest BCUT2D eigenvalue weighted by molar-refractivity contribution is 7.20. The van der Waals surface area contributed by atoms with E-state index < -0.39 is 5.91 Å². The number of hydrogen-bond donors (Lipinski definition) is 1. The van der Waals surface area contributed by atoms with E-state index in [9.17, 15) is 4.79 Å². The zero-order chi connectivity index (χ0) is 18.5. The number of aromatic nitrogens is 2. The van der Waals surface area contributed by atoms with Crippen LogP contribution in [0.3, 0.4) is 0 Å². The summed E-state index contributed by atoms with van der Waals surface area (Å²) in [5.41, 5.74) is 0.514. The monoisotopic (exact) mass is 413 g/mol. The molecule has 0 fully saturated rings. The lowest BCUT2D eigenvalue weighted by Crippen LogP contribution is -2.20. The van der Waals surface area contributed by atoms with Crippen LogP contribution in [-0.4, -0.2) is 29.3 Å². The Morgan fingerprint density at radius 3 is 2.50 bits per heavy atom. The average Bonchev–Trinajstić information content (AvgIpc) is 3.20. The van der Waals surface area contributed by atoms with Gasteiger partial charge in [0.05, 0.1) is 16.5 Å². The maximum absolute atomic E-state index is 11.9. The average molecular weight is 414 g/mol. The Kier molecular flexibility index (Phi) is 5.97. The molecule has 0 saturated heterocycles. The molecule has 0 spiro atoms. The number of carbonyl (C=O) groups is 1. The second kappa shape index (κ2) is 8.39. The van der Waals surface area contributed by atoms with Crippen LogP contribution in [0.5, 0.6) is 11.5 Å². The predicted octanol–water partition coefficient (Wildman–Crippen LogP) is 4.52. The van der Waals surface area contributed by atoms with Crippen LogP contribution in [0, 0.1) is 0 Å². The fraction of sp³-hybridized carbons (Fsp3) is 0.188. The molecule has 26 heavy (non-hydrogen) atoms. The number of nitrogens with zero attached hydrogens (tertiary/aromatic N) is 2. The molecule has 0 radical (unpaired) electrons. The van der Waals surface area contributed by atoms with Crippen LogP contribution < -0.4 is 14.8 Å². The molecule has 0 aliphatic rings. The maximum Gasteiger partial charge on any atom is 0.322 e. The van der Waals surface area contributed by atoms with Gasteiger partial charge in [0, 0.05) is 0 Å². The van der Waals surface area contributed by atoms with Gasteiger partial charge in [-0.15, -0.1) is 16.4 Å². The van der Waals surface area contributed by atoms with Gasteiger partial charge in [0.15, 0.2) is 6.61 Å². The van der Waals surface area contributed by atoms with E-state index in [0.717, 1.165) is 5.75 Å². The minimum absolute atomic E-state index is 0.0568. The molecule has 2 heterocycles. The minimum atomic E-state index is -0.441. The molecule has 1 N–H and O–H groups in total. The number of nitrogens with one attached hydrogen (secondary N) is 1. The minimum Gasteiger partial charge on any atom is -0.494 e. The fourth-order valence-electron chi connectivity index (χ4n) is 1.97. The van der Waals surface area contributed by atoms with Crippen LogP contribution in [0.1, 0.15) is 6.92 Å². The molecule has 7 nitrogen and oxygen atoms in total. The molecule has 0 aliphatic carbocycles. The standard InChI is InChI=1S/C16H13Cl2N3O4S/c1-2-23-9-3-5-10(6-4-9)24-8-13(22)19-16-21-20-15(25-16)11-7-12(17)26-14(11)18/h3-7H,2,8H2,1H3,(H,19,21,22). The Labute approximate surface area is 162 Å². The van der Waals surface area contributed by atoms with E-state index in [-0.39, 0.29) is 18.5 Å². The van der Waals surface area contributed by atoms with Gasteiger partial charge in [-0.1, -0.05) is 28.3 Å². The summed E-state index contributed by atoms with van der Waals surface area (Å²) in [6.45, 7) is 2.27. The molecule has 3 rings (SSSR count). The maximum atomic E-state index is 11.9. The molecular weight excluding hydrogens is 401 g/mol. The number of hydrogen-bond acceptors (Lipinski definition) is 7. The van der Waals surface area contributed by atoms with Crippen molar-refractivity contribution < 1.29 is 18.7 Å². The third kappa shape index (κ3) is 4.66. The third-order valence-electron chi connectivity index (χ3n) is 3.06. The Bertz CT molecular complexity index is 895. The van der Waals surface area contributed by atoms with Crippen molar-refractivity contribution >= 4 is 46.5 Å². The van der Waals surface area contributed by atoms with E-state index in [0.29, 0.717) is 26.6 Å². The molecule has 10 heteroatoms. The van der Waals surface area contributed by atoms with Gasteiger partial charge in [-0.2, -0.15) is 0 Å². The summed E-state index contributed by atoms with van der Waals surface area (Å²) in [4.78, 5) is 11.9. The van der Waals surface area contributed by atoms with Crippen LogP contribution in [-0.2, 0) is 4.79 Å². The molecule has 136 valence electrons. The quantitative estimate of drug-likeness (QED) is 0.612. The first kappa shape index (κ1) is 18.5. The molecule has 3 aromatic rings. The van der Waals surface area contributed by atoms with Crippen molar-refractivity contribution in [3.05, 3.63) is 39.0 Å². The van der Waals surface area contributed by atoms with Gasteiger partial charge in [0.2, 0.25) is 0 Å². The summed E-state index contributed by atoms with van der Waals surface area (Å²) in [6, 6.07) is 8.51. The Morgan fingerprint density at radius 2 is 1.88 bits per heavy atom. The first-order valence-electron chi connectivity index (χ1n) is 7.49. The lowest BCUT2D eigenvalue weighted by Gasteiger charge is -2.07. The van der Waals surface area contributed by atoms with Crippen LogP contribution in [0.15, 0.2) is 34.7 Å². The Balaban J connectivity index is 1.54. The number of ether oxygens (including phenoxy) is 2. The Morgan fingerprint density at radius 1 is 1.19 bits per heavy atom. The van der Waals surface area contributed by atoms with Gasteiger partial charge in [-0.05, 0) is 37.3 Å². The van der Waals surface area contributed by atoms with Crippen LogP contribution in [0.2, 0.25) is 8.67 Å². The lowest BCUT2D eigenvalue weighted by molar-refractivity contribution is -0.118. The van der Waals surface area contributed by atoms with Gasteiger partial charge >= 0.3 is 6.01 Å². The summed E-state index contributed by atoms with van der Waals surface area (Å²) in [5.74, 6) is 0.994. The van der Waals surface area contributed by atoms with Crippen molar-refractivity contribution in [3.63, 3.8) is 0 Å². The second-order valence-electron chi connectivity index (χ2n) is 4.89. The largest absolute Gasteiger partial charge is 0.494 e. The number of halogens is 2. The SMILES string of the molecule is CCOc1ccc(OCC(=O)Nc2nnc(-c3cc(Cl)sc3Cl)o2)cc1. The first-order chi connectivity index (χ1) is 12.5. The normalized spacial score (nSPS) is 10.6. The van der Waals surface area contributed by atoms with Gasteiger partial charge in [-0.3, -0.25) is 10.1 Å². The predicted molar refractivity (Wildman–Crippen MR) is 99.4 cm³/mol. The number of rotatable bonds is 7. The van der Waals surface area contributed by atoms with Crippen molar-refractivity contribution in [1.29, 1.82) is 0 Å². The number of benzene rings is 1. The van der Waals surface area contributed by atoms with Crippen LogP contribution in [0.25, 0.3) is 11.5 Å². The van der Waals surface area contributed by atoms with E-state index in [2.05, 4.69) is 15.5 Å². The van der Waals surface area contributed by atoms with Crippen LogP contribution >= 0.6 is 34.5 Å². The van der Waals surface area contributed by atoms with Crippen molar-refractivity contribution in [2.24, 2.45) is 0 Å². The van der Waals surface area contributed by atoms with Crippen molar-refractivity contribution in [1.82, 2.24) is 10.2 Å². The van der Waals surface area contributed by atoms with Crippen molar-refractivity contribution in [3.8, 4) is 23.0 Å². The van der Waals surface area contributed by atoms with Gasteiger partial charge in [-0.25, -0.2) is 0 Å². The van der Waals surface area contributed by atoms with Crippen molar-refractivity contribution in [2.45, 2.75) is 6.92 Å². The summed E-state index contributed by atoms with van der Waals surface area (Å²) < 4.78 is 17.0. The smallest absolute Gasteiger partial charge is 0.322 e. The molecule has 1 amide bonds. The highest BCUT2D eigenvalue weighted by Gasteiger charge is 2.16. The highest BCUT2D eigenvalue weighted by atomic mass is 35.5.